The highest BCUT2D eigenvalue weighted by atomic mass is 79.9. The molecule has 2 N–H and O–H groups in total. The highest BCUT2D eigenvalue weighted by Gasteiger charge is 2.52. The van der Waals surface area contributed by atoms with Crippen LogP contribution in [0.3, 0.4) is 0 Å². The Balaban J connectivity index is 0.000000168. The van der Waals surface area contributed by atoms with E-state index >= 15 is 0 Å². The molecule has 3 atom stereocenters. The molecule has 4 rings (SSSR count). The Kier molecular flexibility index (Phi) is 6.08. The quantitative estimate of drug-likeness (QED) is 0.681. The van der Waals surface area contributed by atoms with Crippen molar-refractivity contribution in [3.63, 3.8) is 0 Å². The second kappa shape index (κ2) is 8.01. The smallest absolute Gasteiger partial charge is 0.146 e. The highest BCUT2D eigenvalue weighted by molar-refractivity contribution is 9.10. The van der Waals surface area contributed by atoms with Crippen LogP contribution in [0.15, 0.2) is 57.9 Å². The van der Waals surface area contributed by atoms with E-state index in [1.807, 2.05) is 19.1 Å². The highest BCUT2D eigenvalue weighted by Crippen LogP contribution is 2.34. The fourth-order valence-electron chi connectivity index (χ4n) is 4.10. The molecular formula is C20H24BrNO4S. The second-order valence-electron chi connectivity index (χ2n) is 7.30. The SMILES string of the molecule is Cc1ccc(S(=O)(=O)[O-])cc1.O[C@@]1(c2ccc(Br)cc2)CC[NH+]2CCC[C@H]21. The number of aryl methyl sites for hydroxylation is 1. The first kappa shape index (κ1) is 20.5. The van der Waals surface area contributed by atoms with Crippen LogP contribution in [0.2, 0.25) is 0 Å². The maximum atomic E-state index is 10.9. The van der Waals surface area contributed by atoms with Crippen molar-refractivity contribution >= 4 is 26.0 Å². The first-order valence-corrected chi connectivity index (χ1v) is 11.3. The zero-order chi connectivity index (χ0) is 19.7. The summed E-state index contributed by atoms with van der Waals surface area (Å²) in [5.41, 5.74) is 1.45. The molecule has 5 nitrogen and oxygen atoms in total. The summed E-state index contributed by atoms with van der Waals surface area (Å²) in [6, 6.07) is 14.4. The molecule has 0 bridgehead atoms. The molecule has 2 heterocycles. The largest absolute Gasteiger partial charge is 0.744 e. The van der Waals surface area contributed by atoms with Gasteiger partial charge in [0.05, 0.1) is 18.0 Å². The zero-order valence-corrected chi connectivity index (χ0v) is 17.6. The minimum Gasteiger partial charge on any atom is -0.744 e. The van der Waals surface area contributed by atoms with E-state index in [-0.39, 0.29) is 4.90 Å². The van der Waals surface area contributed by atoms with E-state index in [2.05, 4.69) is 28.1 Å². The van der Waals surface area contributed by atoms with Gasteiger partial charge < -0.3 is 14.6 Å². The van der Waals surface area contributed by atoms with Gasteiger partial charge in [-0.1, -0.05) is 45.8 Å². The van der Waals surface area contributed by atoms with Gasteiger partial charge in [-0.2, -0.15) is 0 Å². The van der Waals surface area contributed by atoms with Gasteiger partial charge in [-0.25, -0.2) is 8.42 Å². The number of hydrogen-bond donors (Lipinski definition) is 2. The molecule has 2 saturated heterocycles. The lowest BCUT2D eigenvalue weighted by atomic mass is 9.85. The normalized spacial score (nSPS) is 27.0. The van der Waals surface area contributed by atoms with Crippen LogP contribution in [-0.4, -0.2) is 37.2 Å². The molecule has 0 aromatic heterocycles. The summed E-state index contributed by atoms with van der Waals surface area (Å²) in [4.78, 5) is 1.42. The molecule has 0 radical (unpaired) electrons. The Morgan fingerprint density at radius 2 is 1.74 bits per heavy atom. The number of hydrogen-bond acceptors (Lipinski definition) is 4. The van der Waals surface area contributed by atoms with Crippen molar-refractivity contribution < 1.29 is 23.0 Å². The summed E-state index contributed by atoms with van der Waals surface area (Å²) in [6.45, 7) is 4.18. The van der Waals surface area contributed by atoms with Crippen LogP contribution in [0.4, 0.5) is 0 Å². The van der Waals surface area contributed by atoms with E-state index in [1.165, 1.54) is 31.5 Å². The average Bonchev–Trinajstić information content (AvgIpc) is 3.21. The van der Waals surface area contributed by atoms with Gasteiger partial charge in [0, 0.05) is 23.7 Å². The van der Waals surface area contributed by atoms with E-state index in [9.17, 15) is 18.1 Å². The average molecular weight is 454 g/mol. The molecular weight excluding hydrogens is 430 g/mol. The molecule has 2 aliphatic rings. The Bertz CT molecular complexity index is 883. The van der Waals surface area contributed by atoms with Gasteiger partial charge in [0.15, 0.2) is 0 Å². The van der Waals surface area contributed by atoms with Gasteiger partial charge in [-0.15, -0.1) is 0 Å². The minimum absolute atomic E-state index is 0.178. The fraction of sp³-hybridized carbons (Fsp3) is 0.400. The van der Waals surface area contributed by atoms with Crippen molar-refractivity contribution in [2.24, 2.45) is 0 Å². The molecule has 27 heavy (non-hydrogen) atoms. The van der Waals surface area contributed by atoms with Gasteiger partial charge >= 0.3 is 0 Å². The summed E-state index contributed by atoms with van der Waals surface area (Å²) < 4.78 is 32.2. The van der Waals surface area contributed by atoms with Gasteiger partial charge in [0.2, 0.25) is 0 Å². The van der Waals surface area contributed by atoms with E-state index in [4.69, 9.17) is 0 Å². The summed E-state index contributed by atoms with van der Waals surface area (Å²) in [5, 5.41) is 10.9. The van der Waals surface area contributed by atoms with Gasteiger partial charge in [-0.3, -0.25) is 0 Å². The van der Waals surface area contributed by atoms with Crippen LogP contribution in [-0.2, 0) is 15.7 Å². The number of rotatable bonds is 2. The number of fused-ring (bicyclic) bond motifs is 1. The first-order chi connectivity index (χ1) is 12.7. The van der Waals surface area contributed by atoms with Gasteiger partial charge in [0.1, 0.15) is 21.8 Å². The molecule has 2 fully saturated rings. The van der Waals surface area contributed by atoms with Crippen LogP contribution in [0.5, 0.6) is 0 Å². The molecule has 7 heteroatoms. The third-order valence-corrected chi connectivity index (χ3v) is 6.92. The predicted molar refractivity (Wildman–Crippen MR) is 106 cm³/mol. The third-order valence-electron chi connectivity index (χ3n) is 5.54. The summed E-state index contributed by atoms with van der Waals surface area (Å²) in [5.74, 6) is 0. The summed E-state index contributed by atoms with van der Waals surface area (Å²) in [6.07, 6.45) is 3.34. The Hall–Kier alpha value is -1.25. The lowest BCUT2D eigenvalue weighted by Gasteiger charge is -2.27. The number of benzene rings is 2. The van der Waals surface area contributed by atoms with Gasteiger partial charge in [0.25, 0.3) is 0 Å². The molecule has 146 valence electrons. The summed E-state index contributed by atoms with van der Waals surface area (Å²) >= 11 is 3.44. The van der Waals surface area contributed by atoms with Crippen LogP contribution in [0, 0.1) is 6.92 Å². The standard InChI is InChI=1S/C13H16BrNO.C7H8O3S/c14-11-5-3-10(4-6-11)13(16)7-9-15-8-1-2-12(13)15;1-6-2-4-7(5-3-6)11(8,9)10/h3-6,12,16H,1-2,7-9H2;2-5H,1H3,(H,8,9,10)/t12-,13+;/m0./s1. The lowest BCUT2D eigenvalue weighted by Crippen LogP contribution is -3.12. The Morgan fingerprint density at radius 1 is 1.11 bits per heavy atom. The van der Waals surface area contributed by atoms with E-state index in [0.717, 1.165) is 28.6 Å². The monoisotopic (exact) mass is 453 g/mol. The predicted octanol–water partition coefficient (Wildman–Crippen LogP) is 1.99. The third kappa shape index (κ3) is 4.60. The Labute approximate surface area is 168 Å². The van der Waals surface area contributed by atoms with Crippen molar-refractivity contribution in [3.8, 4) is 0 Å². The maximum absolute atomic E-state index is 10.9. The molecule has 0 spiro atoms. The first-order valence-electron chi connectivity index (χ1n) is 9.06. The summed E-state index contributed by atoms with van der Waals surface area (Å²) in [7, 11) is -4.27. The second-order valence-corrected chi connectivity index (χ2v) is 9.60. The molecule has 2 aromatic carbocycles. The number of halogens is 1. The van der Waals surface area contributed by atoms with Crippen LogP contribution in [0.25, 0.3) is 0 Å². The van der Waals surface area contributed by atoms with Crippen molar-refractivity contribution in [1.82, 2.24) is 0 Å². The van der Waals surface area contributed by atoms with Crippen LogP contribution in [0.1, 0.15) is 30.4 Å². The maximum Gasteiger partial charge on any atom is 0.146 e. The van der Waals surface area contributed by atoms with Gasteiger partial charge in [-0.05, 0) is 36.8 Å². The fourth-order valence-corrected chi connectivity index (χ4v) is 4.84. The van der Waals surface area contributed by atoms with Crippen molar-refractivity contribution in [3.05, 3.63) is 64.1 Å². The van der Waals surface area contributed by atoms with Crippen LogP contribution >= 0.6 is 15.9 Å². The number of nitrogens with one attached hydrogen (secondary N) is 1. The van der Waals surface area contributed by atoms with Crippen molar-refractivity contribution in [1.29, 1.82) is 0 Å². The minimum atomic E-state index is -4.27. The number of quaternary nitrogens is 1. The van der Waals surface area contributed by atoms with E-state index < -0.39 is 15.7 Å². The van der Waals surface area contributed by atoms with Crippen molar-refractivity contribution in [2.75, 3.05) is 13.1 Å². The Morgan fingerprint density at radius 3 is 2.33 bits per heavy atom. The number of aliphatic hydroxyl groups is 1. The molecule has 2 aromatic rings. The van der Waals surface area contributed by atoms with Crippen LogP contribution < -0.4 is 4.90 Å². The topological polar surface area (TPSA) is 81.9 Å². The molecule has 2 aliphatic heterocycles. The van der Waals surface area contributed by atoms with E-state index in [1.54, 1.807) is 17.0 Å². The lowest BCUT2D eigenvalue weighted by molar-refractivity contribution is -0.903. The molecule has 0 saturated carbocycles. The molecule has 0 amide bonds. The van der Waals surface area contributed by atoms with Crippen molar-refractivity contribution in [2.45, 2.75) is 42.7 Å². The molecule has 1 unspecified atom stereocenters. The molecule has 0 aliphatic carbocycles. The van der Waals surface area contributed by atoms with E-state index in [0.29, 0.717) is 6.04 Å². The zero-order valence-electron chi connectivity index (χ0n) is 15.2.